The first-order chi connectivity index (χ1) is 14.2. The van der Waals surface area contributed by atoms with Gasteiger partial charge in [-0.25, -0.2) is 9.97 Å². The zero-order chi connectivity index (χ0) is 19.8. The molecule has 0 unspecified atom stereocenters. The van der Waals surface area contributed by atoms with Gasteiger partial charge in [-0.05, 0) is 37.1 Å². The lowest BCUT2D eigenvalue weighted by Gasteiger charge is -2.35. The Labute approximate surface area is 172 Å². The predicted molar refractivity (Wildman–Crippen MR) is 107 cm³/mol. The summed E-state index contributed by atoms with van der Waals surface area (Å²) in [6.07, 6.45) is 5.54. The van der Waals surface area contributed by atoms with Crippen molar-refractivity contribution in [2.75, 3.05) is 31.1 Å². The number of carbonyl (C=O) groups is 1. The maximum absolute atomic E-state index is 12.6. The van der Waals surface area contributed by atoms with E-state index < -0.39 is 0 Å². The van der Waals surface area contributed by atoms with Crippen molar-refractivity contribution in [3.05, 3.63) is 53.3 Å². The Morgan fingerprint density at radius 2 is 1.86 bits per heavy atom. The lowest BCUT2D eigenvalue weighted by Crippen LogP contribution is -2.49. The van der Waals surface area contributed by atoms with Gasteiger partial charge in [0.05, 0.1) is 5.56 Å². The fourth-order valence-corrected chi connectivity index (χ4v) is 3.49. The van der Waals surface area contributed by atoms with Crippen LogP contribution in [0, 0.1) is 0 Å². The molecule has 0 N–H and O–H groups in total. The summed E-state index contributed by atoms with van der Waals surface area (Å²) >= 11 is 5.79. The molecular formula is C20H19ClN6O2. The Morgan fingerprint density at radius 1 is 1.03 bits per heavy atom. The van der Waals surface area contributed by atoms with Crippen LogP contribution in [0.25, 0.3) is 11.4 Å². The van der Waals surface area contributed by atoms with E-state index in [1.165, 1.54) is 6.20 Å². The molecule has 9 heteroatoms. The van der Waals surface area contributed by atoms with Crippen molar-refractivity contribution in [1.29, 1.82) is 0 Å². The summed E-state index contributed by atoms with van der Waals surface area (Å²) < 4.78 is 5.32. The van der Waals surface area contributed by atoms with Gasteiger partial charge < -0.3 is 14.3 Å². The molecule has 2 fully saturated rings. The number of aromatic nitrogens is 4. The van der Waals surface area contributed by atoms with Gasteiger partial charge in [-0.15, -0.1) is 0 Å². The first kappa shape index (κ1) is 18.1. The van der Waals surface area contributed by atoms with Crippen LogP contribution in [0.4, 0.5) is 5.82 Å². The molecule has 1 amide bonds. The smallest absolute Gasteiger partial charge is 0.255 e. The SMILES string of the molecule is O=C(c1ccc(Cl)nc1)N1CCN(c2ccc(-c3noc(C4CC4)n3)cn2)CC1. The second kappa shape index (κ2) is 7.44. The van der Waals surface area contributed by atoms with Gasteiger partial charge in [0.1, 0.15) is 11.0 Å². The first-order valence-corrected chi connectivity index (χ1v) is 10.0. The van der Waals surface area contributed by atoms with E-state index in [4.69, 9.17) is 16.1 Å². The summed E-state index contributed by atoms with van der Waals surface area (Å²) in [6.45, 7) is 2.68. The van der Waals surface area contributed by atoms with Crippen molar-refractivity contribution in [1.82, 2.24) is 25.0 Å². The number of pyridine rings is 2. The van der Waals surface area contributed by atoms with Crippen LogP contribution in [0.3, 0.4) is 0 Å². The summed E-state index contributed by atoms with van der Waals surface area (Å²) in [5.74, 6) is 2.59. The number of halogens is 1. The number of carbonyl (C=O) groups excluding carboxylic acids is 1. The van der Waals surface area contributed by atoms with Crippen LogP contribution in [0.2, 0.25) is 5.15 Å². The molecular weight excluding hydrogens is 392 g/mol. The molecule has 0 aromatic carbocycles. The van der Waals surface area contributed by atoms with Gasteiger partial charge in [0, 0.05) is 50.1 Å². The summed E-state index contributed by atoms with van der Waals surface area (Å²) in [4.78, 5) is 29.6. The predicted octanol–water partition coefficient (Wildman–Crippen LogP) is 3.02. The lowest BCUT2D eigenvalue weighted by molar-refractivity contribution is 0.0746. The number of nitrogens with zero attached hydrogens (tertiary/aromatic N) is 6. The molecule has 29 heavy (non-hydrogen) atoms. The molecule has 1 aliphatic heterocycles. The third-order valence-corrected chi connectivity index (χ3v) is 5.46. The van der Waals surface area contributed by atoms with Crippen LogP contribution in [0.1, 0.15) is 35.0 Å². The van der Waals surface area contributed by atoms with Crippen molar-refractivity contribution < 1.29 is 9.32 Å². The van der Waals surface area contributed by atoms with Crippen molar-refractivity contribution >= 4 is 23.3 Å². The van der Waals surface area contributed by atoms with Crippen LogP contribution in [0.15, 0.2) is 41.2 Å². The van der Waals surface area contributed by atoms with Gasteiger partial charge in [0.15, 0.2) is 0 Å². The number of anilines is 1. The van der Waals surface area contributed by atoms with E-state index >= 15 is 0 Å². The highest BCUT2D eigenvalue weighted by Crippen LogP contribution is 2.39. The highest BCUT2D eigenvalue weighted by molar-refractivity contribution is 6.29. The van der Waals surface area contributed by atoms with Crippen molar-refractivity contribution in [2.24, 2.45) is 0 Å². The largest absolute Gasteiger partial charge is 0.353 e. The van der Waals surface area contributed by atoms with Gasteiger partial charge in [-0.1, -0.05) is 16.8 Å². The van der Waals surface area contributed by atoms with E-state index in [2.05, 4.69) is 25.0 Å². The Morgan fingerprint density at radius 3 is 2.52 bits per heavy atom. The van der Waals surface area contributed by atoms with Crippen LogP contribution >= 0.6 is 11.6 Å². The molecule has 1 saturated carbocycles. The zero-order valence-corrected chi connectivity index (χ0v) is 16.4. The summed E-state index contributed by atoms with van der Waals surface area (Å²) in [7, 11) is 0. The minimum Gasteiger partial charge on any atom is -0.353 e. The maximum atomic E-state index is 12.6. The number of rotatable bonds is 4. The Hall–Kier alpha value is -3.00. The highest BCUT2D eigenvalue weighted by Gasteiger charge is 2.30. The maximum Gasteiger partial charge on any atom is 0.255 e. The quantitative estimate of drug-likeness (QED) is 0.611. The van der Waals surface area contributed by atoms with Crippen molar-refractivity contribution in [3.8, 4) is 11.4 Å². The normalized spacial score (nSPS) is 16.9. The Kier molecular flexibility index (Phi) is 4.63. The van der Waals surface area contributed by atoms with Gasteiger partial charge in [0.2, 0.25) is 11.7 Å². The highest BCUT2D eigenvalue weighted by atomic mass is 35.5. The summed E-state index contributed by atoms with van der Waals surface area (Å²) in [6, 6.07) is 7.26. The second-order valence-corrected chi connectivity index (χ2v) is 7.67. The number of hydrogen-bond donors (Lipinski definition) is 0. The topological polar surface area (TPSA) is 88.3 Å². The standard InChI is InChI=1S/C20H19ClN6O2/c21-16-5-3-15(12-22-16)20(28)27-9-7-26(8-10-27)17-6-4-14(11-23-17)18-24-19(29-25-18)13-1-2-13/h3-6,11-13H,1-2,7-10H2. The van der Waals surface area contributed by atoms with Gasteiger partial charge in [0.25, 0.3) is 5.91 Å². The number of hydrogen-bond acceptors (Lipinski definition) is 7. The van der Waals surface area contributed by atoms with E-state index in [0.717, 1.165) is 30.1 Å². The van der Waals surface area contributed by atoms with E-state index in [1.807, 2.05) is 17.0 Å². The second-order valence-electron chi connectivity index (χ2n) is 7.28. The van der Waals surface area contributed by atoms with Gasteiger partial charge >= 0.3 is 0 Å². The molecule has 3 aromatic heterocycles. The zero-order valence-electron chi connectivity index (χ0n) is 15.7. The molecule has 8 nitrogen and oxygen atoms in total. The molecule has 0 bridgehead atoms. The minimum atomic E-state index is -0.0271. The summed E-state index contributed by atoms with van der Waals surface area (Å²) in [5.41, 5.74) is 1.39. The minimum absolute atomic E-state index is 0.0271. The fraction of sp³-hybridized carbons (Fsp3) is 0.350. The Bertz CT molecular complexity index is 1010. The molecule has 0 radical (unpaired) electrons. The van der Waals surface area contributed by atoms with Crippen LogP contribution in [-0.4, -0.2) is 57.1 Å². The molecule has 1 saturated heterocycles. The lowest BCUT2D eigenvalue weighted by atomic mass is 10.2. The van der Waals surface area contributed by atoms with Crippen LogP contribution < -0.4 is 4.90 Å². The van der Waals surface area contributed by atoms with Gasteiger partial charge in [-0.2, -0.15) is 4.98 Å². The molecule has 3 aromatic rings. The van der Waals surface area contributed by atoms with Crippen LogP contribution in [-0.2, 0) is 0 Å². The van der Waals surface area contributed by atoms with Crippen LogP contribution in [0.5, 0.6) is 0 Å². The van der Waals surface area contributed by atoms with E-state index in [1.54, 1.807) is 18.3 Å². The Balaban J connectivity index is 1.21. The molecule has 0 spiro atoms. The molecule has 2 aliphatic rings. The van der Waals surface area contributed by atoms with Crippen molar-refractivity contribution in [3.63, 3.8) is 0 Å². The molecule has 1 aliphatic carbocycles. The molecule has 4 heterocycles. The third-order valence-electron chi connectivity index (χ3n) is 5.24. The van der Waals surface area contributed by atoms with E-state index in [-0.39, 0.29) is 5.91 Å². The first-order valence-electron chi connectivity index (χ1n) is 9.63. The fourth-order valence-electron chi connectivity index (χ4n) is 3.38. The average molecular weight is 411 g/mol. The van der Waals surface area contributed by atoms with Crippen molar-refractivity contribution in [2.45, 2.75) is 18.8 Å². The monoisotopic (exact) mass is 410 g/mol. The summed E-state index contributed by atoms with van der Waals surface area (Å²) in [5, 5.41) is 4.44. The molecule has 5 rings (SSSR count). The van der Waals surface area contributed by atoms with Gasteiger partial charge in [-0.3, -0.25) is 4.79 Å². The molecule has 0 atom stereocenters. The number of amides is 1. The van der Waals surface area contributed by atoms with E-state index in [9.17, 15) is 4.79 Å². The average Bonchev–Trinajstić information content (AvgIpc) is 3.51. The molecule has 148 valence electrons. The third kappa shape index (κ3) is 3.80. The number of piperazine rings is 1. The van der Waals surface area contributed by atoms with E-state index in [0.29, 0.717) is 48.6 Å².